The minimum atomic E-state index is -4.25. The lowest BCUT2D eigenvalue weighted by Gasteiger charge is -2.08. The summed E-state index contributed by atoms with van der Waals surface area (Å²) in [6, 6.07) is 0. The monoisotopic (exact) mass is 279 g/mol. The average molecular weight is 279 g/mol. The minimum Gasteiger partial charge on any atom is -0.372 e. The predicted octanol–water partition coefficient (Wildman–Crippen LogP) is 2.27. The standard InChI is InChI=1S/C12H20F3N3O/c1-3-16-7-11-8-17-18(10(11)2)5-4-6-19-9-12(13,14)15/h8,16H,3-7,9H2,1-2H3. The van der Waals surface area contributed by atoms with Gasteiger partial charge in [0.25, 0.3) is 0 Å². The number of halogens is 3. The van der Waals surface area contributed by atoms with E-state index >= 15 is 0 Å². The maximum Gasteiger partial charge on any atom is 0.411 e. The second kappa shape index (κ2) is 7.49. The summed E-state index contributed by atoms with van der Waals surface area (Å²) in [6.07, 6.45) is -1.95. The van der Waals surface area contributed by atoms with E-state index in [0.717, 1.165) is 24.3 Å². The first-order valence-electron chi connectivity index (χ1n) is 6.30. The van der Waals surface area contributed by atoms with Crippen LogP contribution in [0.25, 0.3) is 0 Å². The molecule has 0 aromatic carbocycles. The van der Waals surface area contributed by atoms with Gasteiger partial charge < -0.3 is 10.1 Å². The van der Waals surface area contributed by atoms with Crippen molar-refractivity contribution in [2.75, 3.05) is 19.8 Å². The second-order valence-electron chi connectivity index (χ2n) is 4.28. The van der Waals surface area contributed by atoms with Crippen LogP contribution in [0.1, 0.15) is 24.6 Å². The maximum absolute atomic E-state index is 11.8. The minimum absolute atomic E-state index is 0.0847. The van der Waals surface area contributed by atoms with Crippen molar-refractivity contribution in [2.24, 2.45) is 0 Å². The van der Waals surface area contributed by atoms with Crippen molar-refractivity contribution in [1.29, 1.82) is 0 Å². The number of alkyl halides is 3. The molecular weight excluding hydrogens is 259 g/mol. The van der Waals surface area contributed by atoms with Gasteiger partial charge in [-0.3, -0.25) is 4.68 Å². The molecule has 1 aromatic heterocycles. The molecule has 0 amide bonds. The van der Waals surface area contributed by atoms with Gasteiger partial charge in [-0.15, -0.1) is 0 Å². The number of rotatable bonds is 8. The van der Waals surface area contributed by atoms with E-state index in [4.69, 9.17) is 0 Å². The van der Waals surface area contributed by atoms with Crippen molar-refractivity contribution >= 4 is 0 Å². The molecule has 1 rings (SSSR count). The third kappa shape index (κ3) is 6.07. The first-order chi connectivity index (χ1) is 8.94. The van der Waals surface area contributed by atoms with E-state index in [-0.39, 0.29) is 6.61 Å². The lowest BCUT2D eigenvalue weighted by atomic mass is 10.2. The molecule has 110 valence electrons. The Morgan fingerprint density at radius 1 is 1.42 bits per heavy atom. The Morgan fingerprint density at radius 2 is 2.16 bits per heavy atom. The number of aryl methyl sites for hydroxylation is 1. The summed E-state index contributed by atoms with van der Waals surface area (Å²) >= 11 is 0. The Hall–Kier alpha value is -1.08. The Balaban J connectivity index is 2.28. The molecule has 1 aromatic rings. The smallest absolute Gasteiger partial charge is 0.372 e. The predicted molar refractivity (Wildman–Crippen MR) is 65.8 cm³/mol. The third-order valence-corrected chi connectivity index (χ3v) is 2.69. The van der Waals surface area contributed by atoms with Crippen LogP contribution in [0, 0.1) is 6.92 Å². The molecule has 0 unspecified atom stereocenters. The van der Waals surface area contributed by atoms with Crippen LogP contribution in [0.2, 0.25) is 0 Å². The highest BCUT2D eigenvalue weighted by atomic mass is 19.4. The highest BCUT2D eigenvalue weighted by molar-refractivity contribution is 5.15. The Morgan fingerprint density at radius 3 is 2.79 bits per heavy atom. The van der Waals surface area contributed by atoms with Gasteiger partial charge in [0.1, 0.15) is 6.61 Å². The quantitative estimate of drug-likeness (QED) is 0.742. The summed E-state index contributed by atoms with van der Waals surface area (Å²) in [5.41, 5.74) is 2.15. The number of hydrogen-bond donors (Lipinski definition) is 1. The van der Waals surface area contributed by atoms with Crippen molar-refractivity contribution in [3.63, 3.8) is 0 Å². The van der Waals surface area contributed by atoms with Crippen LogP contribution in [-0.4, -0.2) is 35.7 Å². The van der Waals surface area contributed by atoms with Crippen molar-refractivity contribution in [3.8, 4) is 0 Å². The van der Waals surface area contributed by atoms with E-state index in [2.05, 4.69) is 15.2 Å². The van der Waals surface area contributed by atoms with E-state index < -0.39 is 12.8 Å². The number of nitrogens with zero attached hydrogens (tertiary/aromatic N) is 2. The van der Waals surface area contributed by atoms with Crippen molar-refractivity contribution in [3.05, 3.63) is 17.5 Å². The van der Waals surface area contributed by atoms with Gasteiger partial charge in [-0.2, -0.15) is 18.3 Å². The molecule has 4 nitrogen and oxygen atoms in total. The molecule has 0 aliphatic rings. The average Bonchev–Trinajstić information content (AvgIpc) is 2.66. The molecule has 0 bridgehead atoms. The molecule has 0 spiro atoms. The van der Waals surface area contributed by atoms with Crippen LogP contribution in [-0.2, 0) is 17.8 Å². The highest BCUT2D eigenvalue weighted by Gasteiger charge is 2.27. The summed E-state index contributed by atoms with van der Waals surface area (Å²) in [5.74, 6) is 0. The normalized spacial score (nSPS) is 12.1. The first kappa shape index (κ1) is 16.0. The zero-order chi connectivity index (χ0) is 14.3. The number of nitrogens with one attached hydrogen (secondary N) is 1. The molecule has 0 aliphatic heterocycles. The summed E-state index contributed by atoms with van der Waals surface area (Å²) in [5, 5.41) is 7.42. The molecule has 1 N–H and O–H groups in total. The molecule has 0 radical (unpaired) electrons. The fourth-order valence-corrected chi connectivity index (χ4v) is 1.65. The van der Waals surface area contributed by atoms with E-state index in [1.807, 2.05) is 13.8 Å². The van der Waals surface area contributed by atoms with Gasteiger partial charge in [0.2, 0.25) is 0 Å². The van der Waals surface area contributed by atoms with Crippen LogP contribution in [0.15, 0.2) is 6.20 Å². The Kier molecular flexibility index (Phi) is 6.30. The fraction of sp³-hybridized carbons (Fsp3) is 0.750. The van der Waals surface area contributed by atoms with E-state index in [0.29, 0.717) is 13.0 Å². The molecule has 7 heteroatoms. The number of ether oxygens (including phenoxy) is 1. The van der Waals surface area contributed by atoms with Crippen LogP contribution in [0.5, 0.6) is 0 Å². The summed E-state index contributed by atoms with van der Waals surface area (Å²) in [4.78, 5) is 0. The van der Waals surface area contributed by atoms with E-state index in [1.165, 1.54) is 0 Å². The van der Waals surface area contributed by atoms with Crippen molar-refractivity contribution in [2.45, 2.75) is 39.5 Å². The SMILES string of the molecule is CCNCc1cnn(CCCOCC(F)(F)F)c1C. The molecule has 0 saturated carbocycles. The van der Waals surface area contributed by atoms with E-state index in [1.54, 1.807) is 10.9 Å². The topological polar surface area (TPSA) is 39.1 Å². The van der Waals surface area contributed by atoms with Crippen LogP contribution in [0.4, 0.5) is 13.2 Å². The Labute approximate surface area is 110 Å². The molecule has 1 heterocycles. The molecule has 0 saturated heterocycles. The van der Waals surface area contributed by atoms with Gasteiger partial charge in [-0.05, 0) is 19.9 Å². The third-order valence-electron chi connectivity index (χ3n) is 2.69. The largest absolute Gasteiger partial charge is 0.411 e. The van der Waals surface area contributed by atoms with Gasteiger partial charge in [-0.1, -0.05) is 6.92 Å². The van der Waals surface area contributed by atoms with Gasteiger partial charge in [0.15, 0.2) is 0 Å². The van der Waals surface area contributed by atoms with Gasteiger partial charge in [0.05, 0.1) is 6.20 Å². The highest BCUT2D eigenvalue weighted by Crippen LogP contribution is 2.14. The Bertz CT molecular complexity index is 377. The molecule has 19 heavy (non-hydrogen) atoms. The summed E-state index contributed by atoms with van der Waals surface area (Å²) in [6.45, 7) is 5.09. The van der Waals surface area contributed by atoms with E-state index in [9.17, 15) is 13.2 Å². The van der Waals surface area contributed by atoms with Crippen molar-refractivity contribution < 1.29 is 17.9 Å². The number of aromatic nitrogens is 2. The molecule has 0 atom stereocenters. The molecule has 0 aliphatic carbocycles. The first-order valence-corrected chi connectivity index (χ1v) is 6.30. The summed E-state index contributed by atoms with van der Waals surface area (Å²) < 4.78 is 41.9. The zero-order valence-corrected chi connectivity index (χ0v) is 11.3. The van der Waals surface area contributed by atoms with Crippen LogP contribution < -0.4 is 5.32 Å². The van der Waals surface area contributed by atoms with Crippen molar-refractivity contribution in [1.82, 2.24) is 15.1 Å². The summed E-state index contributed by atoms with van der Waals surface area (Å²) in [7, 11) is 0. The van der Waals surface area contributed by atoms with Gasteiger partial charge in [0, 0.05) is 31.0 Å². The van der Waals surface area contributed by atoms with Gasteiger partial charge >= 0.3 is 6.18 Å². The second-order valence-corrected chi connectivity index (χ2v) is 4.28. The number of hydrogen-bond acceptors (Lipinski definition) is 3. The zero-order valence-electron chi connectivity index (χ0n) is 11.3. The fourth-order valence-electron chi connectivity index (χ4n) is 1.65. The molecular formula is C12H20F3N3O. The van der Waals surface area contributed by atoms with Crippen LogP contribution >= 0.6 is 0 Å². The lowest BCUT2D eigenvalue weighted by Crippen LogP contribution is -2.18. The lowest BCUT2D eigenvalue weighted by molar-refractivity contribution is -0.174. The molecule has 0 fully saturated rings. The van der Waals surface area contributed by atoms with Gasteiger partial charge in [-0.25, -0.2) is 0 Å². The maximum atomic E-state index is 11.8. The van der Waals surface area contributed by atoms with Crippen LogP contribution in [0.3, 0.4) is 0 Å².